The topological polar surface area (TPSA) is 20.2 Å². The van der Waals surface area contributed by atoms with Gasteiger partial charge < -0.3 is 5.11 Å². The van der Waals surface area contributed by atoms with Crippen LogP contribution in [0.1, 0.15) is 197 Å². The summed E-state index contributed by atoms with van der Waals surface area (Å²) in [6.07, 6.45) is 38.3. The van der Waals surface area contributed by atoms with Crippen molar-refractivity contribution in [2.75, 3.05) is 0 Å². The monoisotopic (exact) mass is 529 g/mol. The summed E-state index contributed by atoms with van der Waals surface area (Å²) in [6.45, 7) is 6.78. The van der Waals surface area contributed by atoms with Gasteiger partial charge in [-0.1, -0.05) is 186 Å². The molecule has 0 amide bonds. The van der Waals surface area contributed by atoms with Crippen molar-refractivity contribution in [3.63, 3.8) is 0 Å². The molecule has 0 atom stereocenters. The summed E-state index contributed by atoms with van der Waals surface area (Å²) >= 11 is 0. The Morgan fingerprint density at radius 2 is 0.632 bits per heavy atom. The van der Waals surface area contributed by atoms with E-state index in [4.69, 9.17) is 0 Å². The fourth-order valence-corrected chi connectivity index (χ4v) is 5.98. The lowest BCUT2D eigenvalue weighted by Crippen LogP contribution is -1.95. The van der Waals surface area contributed by atoms with Crippen LogP contribution in [0.3, 0.4) is 0 Å². The predicted octanol–water partition coefficient (Wildman–Crippen LogP) is 13.0. The highest BCUT2D eigenvalue weighted by Gasteiger charge is 2.09. The molecule has 222 valence electrons. The van der Waals surface area contributed by atoms with Crippen molar-refractivity contribution in [3.05, 3.63) is 28.8 Å². The SMILES string of the molecule is CCCCCCCCCCCCCCCCCCc1cc(C)cc(CCCCCCCCCCCC)c1O. The predicted molar refractivity (Wildman–Crippen MR) is 172 cm³/mol. The molecule has 1 aromatic rings. The number of benzene rings is 1. The third-order valence-electron chi connectivity index (χ3n) is 8.51. The van der Waals surface area contributed by atoms with Crippen LogP contribution in [0.4, 0.5) is 0 Å². The first-order valence-electron chi connectivity index (χ1n) is 17.5. The second kappa shape index (κ2) is 26.3. The molecule has 1 nitrogen and oxygen atoms in total. The Bertz CT molecular complexity index is 634. The highest BCUT2D eigenvalue weighted by Crippen LogP contribution is 2.28. The summed E-state index contributed by atoms with van der Waals surface area (Å²) in [5, 5.41) is 10.9. The molecule has 0 bridgehead atoms. The zero-order valence-electron chi connectivity index (χ0n) is 26.4. The number of hydrogen-bond donors (Lipinski definition) is 1. The second-order valence-corrected chi connectivity index (χ2v) is 12.4. The summed E-state index contributed by atoms with van der Waals surface area (Å²) < 4.78 is 0. The first kappa shape index (κ1) is 35.0. The van der Waals surface area contributed by atoms with Crippen LogP contribution < -0.4 is 0 Å². The Hall–Kier alpha value is -0.980. The number of phenols is 1. The summed E-state index contributed by atoms with van der Waals surface area (Å²) in [6, 6.07) is 4.45. The van der Waals surface area contributed by atoms with E-state index in [0.717, 1.165) is 12.8 Å². The van der Waals surface area contributed by atoms with E-state index in [9.17, 15) is 5.11 Å². The van der Waals surface area contributed by atoms with Crippen molar-refractivity contribution >= 4 is 0 Å². The Balaban J connectivity index is 2.03. The standard InChI is InChI=1S/C37H68O/c1-4-6-8-10-12-14-16-17-18-19-20-21-23-25-27-29-31-36-33-34(3)32-35(37(36)38)30-28-26-24-22-15-13-11-9-7-5-2/h32-33,38H,4-31H2,1-3H3. The Morgan fingerprint density at radius 1 is 0.395 bits per heavy atom. The van der Waals surface area contributed by atoms with E-state index in [0.29, 0.717) is 5.75 Å². The molecule has 0 aliphatic rings. The van der Waals surface area contributed by atoms with Crippen LogP contribution >= 0.6 is 0 Å². The molecule has 0 aliphatic carbocycles. The van der Waals surface area contributed by atoms with E-state index in [1.165, 1.54) is 184 Å². The normalized spacial score (nSPS) is 11.4. The molecule has 0 spiro atoms. The fraction of sp³-hybridized carbons (Fsp3) is 0.838. The molecule has 0 saturated heterocycles. The zero-order chi connectivity index (χ0) is 27.5. The average Bonchev–Trinajstić information content (AvgIpc) is 2.91. The Labute approximate surface area is 240 Å². The molecule has 0 aromatic heterocycles. The lowest BCUT2D eigenvalue weighted by atomic mass is 9.96. The summed E-state index contributed by atoms with van der Waals surface area (Å²) in [5.74, 6) is 0.604. The second-order valence-electron chi connectivity index (χ2n) is 12.4. The zero-order valence-corrected chi connectivity index (χ0v) is 26.4. The summed E-state index contributed by atoms with van der Waals surface area (Å²) in [7, 11) is 0. The molecule has 1 N–H and O–H groups in total. The molecular formula is C37H68O. The molecule has 0 fully saturated rings. The van der Waals surface area contributed by atoms with Crippen molar-refractivity contribution in [1.82, 2.24) is 0 Å². The quantitative estimate of drug-likeness (QED) is 0.107. The number of hydrogen-bond acceptors (Lipinski definition) is 1. The van der Waals surface area contributed by atoms with Crippen LogP contribution in [0.2, 0.25) is 0 Å². The molecule has 0 heterocycles. The number of aromatic hydroxyl groups is 1. The van der Waals surface area contributed by atoms with Crippen LogP contribution in [-0.4, -0.2) is 5.11 Å². The van der Waals surface area contributed by atoms with E-state index in [2.05, 4.69) is 32.9 Å². The van der Waals surface area contributed by atoms with Crippen molar-refractivity contribution < 1.29 is 5.11 Å². The number of unbranched alkanes of at least 4 members (excludes halogenated alkanes) is 24. The molecule has 1 rings (SSSR count). The number of rotatable bonds is 28. The summed E-state index contributed by atoms with van der Waals surface area (Å²) in [5.41, 5.74) is 3.70. The molecule has 0 unspecified atom stereocenters. The van der Waals surface area contributed by atoms with Crippen LogP contribution in [0.25, 0.3) is 0 Å². The van der Waals surface area contributed by atoms with Crippen molar-refractivity contribution in [2.24, 2.45) is 0 Å². The van der Waals surface area contributed by atoms with Crippen LogP contribution in [-0.2, 0) is 12.8 Å². The van der Waals surface area contributed by atoms with E-state index in [-0.39, 0.29) is 0 Å². The van der Waals surface area contributed by atoms with Gasteiger partial charge in [0.25, 0.3) is 0 Å². The Kier molecular flexibility index (Phi) is 24.2. The molecule has 0 aliphatic heterocycles. The van der Waals surface area contributed by atoms with Gasteiger partial charge in [0.15, 0.2) is 0 Å². The van der Waals surface area contributed by atoms with Gasteiger partial charge in [-0.15, -0.1) is 0 Å². The van der Waals surface area contributed by atoms with Crippen LogP contribution in [0.15, 0.2) is 12.1 Å². The minimum Gasteiger partial charge on any atom is -0.507 e. The molecular weight excluding hydrogens is 460 g/mol. The lowest BCUT2D eigenvalue weighted by molar-refractivity contribution is 0.456. The minimum absolute atomic E-state index is 0.604. The maximum absolute atomic E-state index is 10.9. The van der Waals surface area contributed by atoms with Crippen molar-refractivity contribution in [2.45, 2.75) is 201 Å². The van der Waals surface area contributed by atoms with Gasteiger partial charge >= 0.3 is 0 Å². The van der Waals surface area contributed by atoms with E-state index < -0.39 is 0 Å². The van der Waals surface area contributed by atoms with Gasteiger partial charge in [0.05, 0.1) is 0 Å². The number of phenolic OH excluding ortho intramolecular Hbond substituents is 1. The maximum atomic E-state index is 10.9. The maximum Gasteiger partial charge on any atom is 0.121 e. The van der Waals surface area contributed by atoms with Gasteiger partial charge in [-0.3, -0.25) is 0 Å². The van der Waals surface area contributed by atoms with Gasteiger partial charge in [-0.2, -0.15) is 0 Å². The largest absolute Gasteiger partial charge is 0.507 e. The molecule has 1 aromatic carbocycles. The Morgan fingerprint density at radius 3 is 0.895 bits per heavy atom. The highest BCUT2D eigenvalue weighted by molar-refractivity contribution is 5.43. The van der Waals surface area contributed by atoms with Gasteiger partial charge in [0, 0.05) is 0 Å². The highest BCUT2D eigenvalue weighted by atomic mass is 16.3. The van der Waals surface area contributed by atoms with Crippen molar-refractivity contribution in [1.29, 1.82) is 0 Å². The molecule has 0 radical (unpaired) electrons. The molecule has 1 heteroatoms. The van der Waals surface area contributed by atoms with Gasteiger partial charge in [-0.05, 0) is 43.7 Å². The van der Waals surface area contributed by atoms with Gasteiger partial charge in [0.2, 0.25) is 0 Å². The third kappa shape index (κ3) is 20.0. The van der Waals surface area contributed by atoms with Gasteiger partial charge in [0.1, 0.15) is 5.75 Å². The fourth-order valence-electron chi connectivity index (χ4n) is 5.98. The number of aryl methyl sites for hydroxylation is 3. The van der Waals surface area contributed by atoms with E-state index >= 15 is 0 Å². The molecule has 0 saturated carbocycles. The lowest BCUT2D eigenvalue weighted by Gasteiger charge is -2.12. The first-order valence-corrected chi connectivity index (χ1v) is 17.5. The van der Waals surface area contributed by atoms with Crippen LogP contribution in [0.5, 0.6) is 5.75 Å². The summed E-state index contributed by atoms with van der Waals surface area (Å²) in [4.78, 5) is 0. The average molecular weight is 529 g/mol. The minimum atomic E-state index is 0.604. The van der Waals surface area contributed by atoms with Gasteiger partial charge in [-0.25, -0.2) is 0 Å². The van der Waals surface area contributed by atoms with E-state index in [1.807, 2.05) is 0 Å². The van der Waals surface area contributed by atoms with Crippen LogP contribution in [0, 0.1) is 6.92 Å². The first-order chi connectivity index (χ1) is 18.7. The smallest absolute Gasteiger partial charge is 0.121 e. The molecule has 38 heavy (non-hydrogen) atoms. The van der Waals surface area contributed by atoms with E-state index in [1.54, 1.807) is 0 Å². The third-order valence-corrected chi connectivity index (χ3v) is 8.51. The van der Waals surface area contributed by atoms with Crippen molar-refractivity contribution in [3.8, 4) is 5.75 Å².